The monoisotopic (exact) mass is 545 g/mol. The second-order valence-electron chi connectivity index (χ2n) is 9.92. The molecule has 1 aliphatic carbocycles. The Hall–Kier alpha value is -2.89. The van der Waals surface area contributed by atoms with E-state index in [0.717, 1.165) is 24.8 Å². The van der Waals surface area contributed by atoms with E-state index < -0.39 is 39.5 Å². The molecular formula is C25H31F4N3O4S. The number of benzene rings is 1. The first-order chi connectivity index (χ1) is 17.1. The molecule has 0 saturated heterocycles. The number of anilines is 1. The quantitative estimate of drug-likeness (QED) is 0.430. The number of aromatic nitrogens is 1. The molecule has 3 unspecified atom stereocenters. The molecule has 0 aliphatic heterocycles. The minimum absolute atomic E-state index is 0.0501. The maximum Gasteiger partial charge on any atom is 0.433 e. The van der Waals surface area contributed by atoms with Gasteiger partial charge in [0.2, 0.25) is 21.8 Å². The summed E-state index contributed by atoms with van der Waals surface area (Å²) in [6.45, 7) is 4.14. The normalized spacial score (nSPS) is 21.3. The van der Waals surface area contributed by atoms with Crippen LogP contribution < -0.4 is 15.2 Å². The summed E-state index contributed by atoms with van der Waals surface area (Å²) in [5.41, 5.74) is 4.78. The molecule has 2 aromatic rings. The molecule has 0 bridgehead atoms. The Morgan fingerprint density at radius 1 is 1.16 bits per heavy atom. The topological polar surface area (TPSA) is 111 Å². The maximum atomic E-state index is 14.5. The van der Waals surface area contributed by atoms with E-state index in [1.165, 1.54) is 18.2 Å². The zero-order chi connectivity index (χ0) is 27.5. The van der Waals surface area contributed by atoms with E-state index in [4.69, 9.17) is 10.5 Å². The number of aryl methyl sites for hydroxylation is 1. The van der Waals surface area contributed by atoms with Crippen molar-refractivity contribution in [3.8, 4) is 5.88 Å². The van der Waals surface area contributed by atoms with Crippen LogP contribution in [0.4, 0.5) is 23.2 Å². The molecule has 1 saturated carbocycles. The summed E-state index contributed by atoms with van der Waals surface area (Å²) in [5.74, 6) is -2.06. The first kappa shape index (κ1) is 28.7. The highest BCUT2D eigenvalue weighted by Crippen LogP contribution is 2.35. The van der Waals surface area contributed by atoms with Gasteiger partial charge >= 0.3 is 6.18 Å². The number of ether oxygens (including phenoxy) is 1. The molecule has 1 aliphatic rings. The number of hydrogen-bond donors (Lipinski definition) is 2. The van der Waals surface area contributed by atoms with Gasteiger partial charge in [0, 0.05) is 5.56 Å². The molecule has 7 nitrogen and oxygen atoms in total. The van der Waals surface area contributed by atoms with Crippen LogP contribution >= 0.6 is 0 Å². The number of carbonyl (C=O) groups is 1. The lowest BCUT2D eigenvalue weighted by molar-refractivity contribution is -0.141. The molecule has 3 rings (SSSR count). The van der Waals surface area contributed by atoms with Crippen LogP contribution in [0.2, 0.25) is 0 Å². The van der Waals surface area contributed by atoms with Crippen LogP contribution in [0.5, 0.6) is 5.88 Å². The minimum atomic E-state index is -4.65. The number of primary amides is 1. The number of hydrogen-bond acceptors (Lipinski definition) is 5. The fourth-order valence-corrected chi connectivity index (χ4v) is 5.42. The second kappa shape index (κ2) is 11.2. The molecule has 1 heterocycles. The van der Waals surface area contributed by atoms with Crippen molar-refractivity contribution in [1.82, 2.24) is 4.98 Å². The van der Waals surface area contributed by atoms with Gasteiger partial charge < -0.3 is 10.5 Å². The second-order valence-corrected chi connectivity index (χ2v) is 11.7. The number of alkyl halides is 3. The van der Waals surface area contributed by atoms with E-state index in [1.807, 2.05) is 4.72 Å². The summed E-state index contributed by atoms with van der Waals surface area (Å²) in [7, 11) is -3.72. The molecule has 0 radical (unpaired) electrons. The van der Waals surface area contributed by atoms with Gasteiger partial charge in [-0.1, -0.05) is 26.0 Å². The molecule has 1 aromatic heterocycles. The van der Waals surface area contributed by atoms with Crippen LogP contribution in [0.3, 0.4) is 0 Å². The summed E-state index contributed by atoms with van der Waals surface area (Å²) in [6, 6.07) is 5.70. The van der Waals surface area contributed by atoms with E-state index >= 15 is 0 Å². The van der Waals surface area contributed by atoms with Crippen molar-refractivity contribution in [3.63, 3.8) is 0 Å². The summed E-state index contributed by atoms with van der Waals surface area (Å²) in [6.07, 6.45) is -1.52. The SMILES string of the molecule is CC1CC(C)CC(Oc2nc(C(F)(F)F)ccc2CCC(C(N)=O)c2ccc(NS(C)(=O)=O)c(F)c2)C1. The average Bonchev–Trinajstić information content (AvgIpc) is 2.74. The van der Waals surface area contributed by atoms with Crippen molar-refractivity contribution in [3.05, 3.63) is 53.0 Å². The third kappa shape index (κ3) is 8.05. The Morgan fingerprint density at radius 2 is 1.81 bits per heavy atom. The number of nitrogens with zero attached hydrogens (tertiary/aromatic N) is 1. The van der Waals surface area contributed by atoms with Crippen molar-refractivity contribution in [2.24, 2.45) is 17.6 Å². The van der Waals surface area contributed by atoms with Crippen LogP contribution in [-0.4, -0.2) is 31.7 Å². The molecule has 0 spiro atoms. The summed E-state index contributed by atoms with van der Waals surface area (Å²) >= 11 is 0. The highest BCUT2D eigenvalue weighted by Gasteiger charge is 2.34. The molecule has 37 heavy (non-hydrogen) atoms. The highest BCUT2D eigenvalue weighted by atomic mass is 32.2. The van der Waals surface area contributed by atoms with Gasteiger partial charge in [0.1, 0.15) is 17.6 Å². The van der Waals surface area contributed by atoms with E-state index in [-0.39, 0.29) is 36.1 Å². The van der Waals surface area contributed by atoms with E-state index in [0.29, 0.717) is 30.2 Å². The highest BCUT2D eigenvalue weighted by molar-refractivity contribution is 7.92. The fraction of sp³-hybridized carbons (Fsp3) is 0.520. The van der Waals surface area contributed by atoms with Crippen molar-refractivity contribution in [2.45, 2.75) is 64.1 Å². The van der Waals surface area contributed by atoms with Crippen molar-refractivity contribution >= 4 is 21.6 Å². The van der Waals surface area contributed by atoms with Gasteiger partial charge in [-0.25, -0.2) is 17.8 Å². The predicted octanol–water partition coefficient (Wildman–Crippen LogP) is 5.02. The first-order valence-corrected chi connectivity index (χ1v) is 13.8. The van der Waals surface area contributed by atoms with Crippen LogP contribution in [0.25, 0.3) is 0 Å². The Morgan fingerprint density at radius 3 is 2.35 bits per heavy atom. The number of nitrogens with two attached hydrogens (primary N) is 1. The standard InChI is InChI=1S/C25H31F4N3O4S/c1-14-10-15(2)12-18(11-14)36-24-16(6-9-22(31-24)25(27,28)29)4-7-19(23(30)33)17-5-8-21(20(26)13-17)32-37(3,34)35/h5-6,8-9,13-15,18-19,32H,4,7,10-12H2,1-3H3,(H2,30,33). The summed E-state index contributed by atoms with van der Waals surface area (Å²) in [4.78, 5) is 16.0. The van der Waals surface area contributed by atoms with Crippen molar-refractivity contribution in [2.75, 3.05) is 11.0 Å². The Balaban J connectivity index is 1.85. The third-order valence-electron chi connectivity index (χ3n) is 6.38. The Bertz CT molecular complexity index is 1230. The summed E-state index contributed by atoms with van der Waals surface area (Å²) in [5, 5.41) is 0. The van der Waals surface area contributed by atoms with E-state index in [1.54, 1.807) is 0 Å². The number of carbonyl (C=O) groups excluding carboxylic acids is 1. The molecule has 1 amide bonds. The molecule has 204 valence electrons. The van der Waals surface area contributed by atoms with Gasteiger partial charge in [-0.2, -0.15) is 13.2 Å². The van der Waals surface area contributed by atoms with Crippen LogP contribution in [0, 0.1) is 17.7 Å². The average molecular weight is 546 g/mol. The van der Waals surface area contributed by atoms with E-state index in [2.05, 4.69) is 18.8 Å². The van der Waals surface area contributed by atoms with Crippen LogP contribution in [-0.2, 0) is 27.4 Å². The Labute approximate surface area is 213 Å². The van der Waals surface area contributed by atoms with Gasteiger partial charge in [-0.3, -0.25) is 9.52 Å². The van der Waals surface area contributed by atoms with Gasteiger partial charge in [-0.15, -0.1) is 0 Å². The van der Waals surface area contributed by atoms with Gasteiger partial charge in [0.25, 0.3) is 0 Å². The number of halogens is 4. The van der Waals surface area contributed by atoms with Crippen LogP contribution in [0.1, 0.15) is 62.3 Å². The largest absolute Gasteiger partial charge is 0.474 e. The lowest BCUT2D eigenvalue weighted by Crippen LogP contribution is -2.29. The molecule has 3 atom stereocenters. The lowest BCUT2D eigenvalue weighted by Gasteiger charge is -2.32. The fourth-order valence-electron chi connectivity index (χ4n) is 4.85. The van der Waals surface area contributed by atoms with Crippen LogP contribution in [0.15, 0.2) is 30.3 Å². The van der Waals surface area contributed by atoms with Gasteiger partial charge in [0.15, 0.2) is 0 Å². The molecule has 1 fully saturated rings. The number of pyridine rings is 1. The molecule has 1 aromatic carbocycles. The van der Waals surface area contributed by atoms with Crippen molar-refractivity contribution in [1.29, 1.82) is 0 Å². The first-order valence-electron chi connectivity index (χ1n) is 11.9. The maximum absolute atomic E-state index is 14.5. The third-order valence-corrected chi connectivity index (χ3v) is 6.97. The molecule has 12 heteroatoms. The minimum Gasteiger partial charge on any atom is -0.474 e. The number of nitrogens with one attached hydrogen (secondary N) is 1. The van der Waals surface area contributed by atoms with Gasteiger partial charge in [0.05, 0.1) is 17.9 Å². The predicted molar refractivity (Wildman–Crippen MR) is 131 cm³/mol. The number of rotatable bonds is 9. The summed E-state index contributed by atoms with van der Waals surface area (Å²) < 4.78 is 85.4. The number of amides is 1. The lowest BCUT2D eigenvalue weighted by atomic mass is 9.82. The zero-order valence-corrected chi connectivity index (χ0v) is 21.6. The molecular weight excluding hydrogens is 514 g/mol. The van der Waals surface area contributed by atoms with Crippen molar-refractivity contribution < 1.29 is 35.5 Å². The van der Waals surface area contributed by atoms with Gasteiger partial charge in [-0.05, 0) is 67.7 Å². The smallest absolute Gasteiger partial charge is 0.433 e. The molecule has 3 N–H and O–H groups in total. The zero-order valence-electron chi connectivity index (χ0n) is 20.8. The van der Waals surface area contributed by atoms with E-state index in [9.17, 15) is 30.8 Å². The Kier molecular flexibility index (Phi) is 8.71. The number of sulfonamides is 1.